The van der Waals surface area contributed by atoms with Crippen LogP contribution in [-0.4, -0.2) is 45.2 Å². The number of halogens is 2. The highest BCUT2D eigenvalue weighted by Crippen LogP contribution is 2.31. The molecule has 0 aliphatic heterocycles. The van der Waals surface area contributed by atoms with Gasteiger partial charge in [0, 0.05) is 11.6 Å². The maximum absolute atomic E-state index is 14.0. The van der Waals surface area contributed by atoms with Gasteiger partial charge < -0.3 is 9.64 Å². The van der Waals surface area contributed by atoms with Crippen LogP contribution in [0, 0.1) is 11.6 Å². The van der Waals surface area contributed by atoms with E-state index in [4.69, 9.17) is 4.74 Å². The number of quaternary nitrogens is 1. The molecule has 3 aromatic rings. The number of nitrogens with zero attached hydrogens (tertiary/aromatic N) is 2. The van der Waals surface area contributed by atoms with E-state index in [0.717, 1.165) is 22.3 Å². The number of rotatable bonds is 6. The third kappa shape index (κ3) is 4.23. The van der Waals surface area contributed by atoms with Crippen molar-refractivity contribution >= 4 is 32.6 Å². The zero-order chi connectivity index (χ0) is 19.6. The van der Waals surface area contributed by atoms with E-state index < -0.39 is 11.6 Å². The zero-order valence-corrected chi connectivity index (χ0v) is 16.1. The first-order valence-corrected chi connectivity index (χ1v) is 9.21. The van der Waals surface area contributed by atoms with Crippen LogP contribution in [0.15, 0.2) is 36.4 Å². The fourth-order valence-electron chi connectivity index (χ4n) is 2.57. The minimum atomic E-state index is -0.734. The molecule has 27 heavy (non-hydrogen) atoms. The number of likely N-dealkylation sites (N-methyl/N-ethyl adjacent to an activating group) is 1. The van der Waals surface area contributed by atoms with Gasteiger partial charge in [-0.1, -0.05) is 11.3 Å². The van der Waals surface area contributed by atoms with E-state index in [9.17, 15) is 13.6 Å². The molecule has 1 N–H and O–H groups in total. The van der Waals surface area contributed by atoms with Crippen molar-refractivity contribution in [1.29, 1.82) is 0 Å². The van der Waals surface area contributed by atoms with Crippen molar-refractivity contribution in [1.82, 2.24) is 4.98 Å². The van der Waals surface area contributed by atoms with Gasteiger partial charge >= 0.3 is 0 Å². The number of anilines is 1. The Balaban J connectivity index is 1.99. The molecule has 1 amide bonds. The second-order valence-electron chi connectivity index (χ2n) is 6.37. The van der Waals surface area contributed by atoms with E-state index in [1.165, 1.54) is 11.0 Å². The van der Waals surface area contributed by atoms with Crippen LogP contribution >= 0.6 is 11.3 Å². The topological polar surface area (TPSA) is 46.9 Å². The first-order valence-electron chi connectivity index (χ1n) is 8.39. The monoisotopic (exact) mass is 392 g/mol. The second-order valence-corrected chi connectivity index (χ2v) is 7.38. The molecule has 0 fully saturated rings. The molecular weight excluding hydrogens is 372 g/mol. The Kier molecular flexibility index (Phi) is 5.67. The molecule has 3 rings (SSSR count). The summed E-state index contributed by atoms with van der Waals surface area (Å²) in [5, 5.41) is 0.344. The summed E-state index contributed by atoms with van der Waals surface area (Å²) in [7, 11) is 5.50. The lowest BCUT2D eigenvalue weighted by atomic mass is 10.2. The lowest BCUT2D eigenvalue weighted by Gasteiger charge is -2.20. The third-order valence-corrected chi connectivity index (χ3v) is 5.08. The average Bonchev–Trinajstić information content (AvgIpc) is 3.05. The lowest BCUT2D eigenvalue weighted by molar-refractivity contribution is -0.856. The Morgan fingerprint density at radius 3 is 2.56 bits per heavy atom. The van der Waals surface area contributed by atoms with Gasteiger partial charge in [0.2, 0.25) is 0 Å². The molecule has 0 spiro atoms. The zero-order valence-electron chi connectivity index (χ0n) is 15.3. The van der Waals surface area contributed by atoms with E-state index >= 15 is 0 Å². The molecule has 0 bridgehead atoms. The number of methoxy groups -OCH3 is 1. The minimum Gasteiger partial charge on any atom is -0.497 e. The molecule has 142 valence electrons. The molecule has 0 saturated heterocycles. The average molecular weight is 392 g/mol. The van der Waals surface area contributed by atoms with Crippen molar-refractivity contribution in [3.8, 4) is 5.75 Å². The minimum absolute atomic E-state index is 0.0705. The normalized spacial score (nSPS) is 11.2. The highest BCUT2D eigenvalue weighted by Gasteiger charge is 2.23. The summed E-state index contributed by atoms with van der Waals surface area (Å²) in [5.74, 6) is -1.00. The van der Waals surface area contributed by atoms with Crippen molar-refractivity contribution in [3.63, 3.8) is 0 Å². The largest absolute Gasteiger partial charge is 0.497 e. The molecule has 0 unspecified atom stereocenters. The predicted molar refractivity (Wildman–Crippen MR) is 102 cm³/mol. The summed E-state index contributed by atoms with van der Waals surface area (Å²) >= 11 is 1.10. The van der Waals surface area contributed by atoms with Gasteiger partial charge in [0.15, 0.2) is 10.9 Å². The maximum Gasteiger partial charge on any atom is 0.260 e. The number of thiazole rings is 1. The van der Waals surface area contributed by atoms with Crippen molar-refractivity contribution in [3.05, 3.63) is 53.6 Å². The third-order valence-electron chi connectivity index (χ3n) is 4.05. The molecule has 0 radical (unpaired) electrons. The number of ether oxygens (including phenoxy) is 1. The number of benzene rings is 2. The summed E-state index contributed by atoms with van der Waals surface area (Å²) < 4.78 is 33.0. The Hall–Kier alpha value is -2.58. The Morgan fingerprint density at radius 1 is 1.22 bits per heavy atom. The van der Waals surface area contributed by atoms with E-state index in [1.807, 2.05) is 14.1 Å². The number of carbonyl (C=O) groups is 1. The van der Waals surface area contributed by atoms with Crippen LogP contribution in [0.4, 0.5) is 13.9 Å². The van der Waals surface area contributed by atoms with Crippen molar-refractivity contribution in [2.75, 3.05) is 39.2 Å². The summed E-state index contributed by atoms with van der Waals surface area (Å²) in [6.45, 7) is 1.08. The van der Waals surface area contributed by atoms with Crippen LogP contribution in [0.2, 0.25) is 0 Å². The first-order chi connectivity index (χ1) is 12.9. The molecule has 5 nitrogen and oxygen atoms in total. The van der Waals surface area contributed by atoms with Crippen molar-refractivity contribution in [2.24, 2.45) is 0 Å². The molecule has 1 aromatic heterocycles. The fraction of sp³-hybridized carbons (Fsp3) is 0.263. The van der Waals surface area contributed by atoms with Gasteiger partial charge in [0.25, 0.3) is 5.91 Å². The second kappa shape index (κ2) is 7.98. The van der Waals surface area contributed by atoms with E-state index in [0.29, 0.717) is 34.2 Å². The standard InChI is InChI=1S/C19H19F2N3O2S/c1-23(2)8-9-24(18(25)12-4-6-14(26-3)7-5-12)19-22-17-15(21)10-13(20)11-16(17)27-19/h4-7,10-11H,8-9H2,1-3H3/p+1. The summed E-state index contributed by atoms with van der Waals surface area (Å²) in [5.41, 5.74) is 0.539. The summed E-state index contributed by atoms with van der Waals surface area (Å²) in [4.78, 5) is 20.0. The van der Waals surface area contributed by atoms with E-state index in [2.05, 4.69) is 4.98 Å². The van der Waals surface area contributed by atoms with Crippen LogP contribution in [0.5, 0.6) is 5.75 Å². The van der Waals surface area contributed by atoms with Crippen LogP contribution in [0.1, 0.15) is 10.4 Å². The van der Waals surface area contributed by atoms with Gasteiger partial charge in [-0.15, -0.1) is 0 Å². The van der Waals surface area contributed by atoms with Crippen molar-refractivity contribution < 1.29 is 23.2 Å². The molecular formula is C19H20F2N3O2S+. The van der Waals surface area contributed by atoms with Gasteiger partial charge in [-0.3, -0.25) is 9.69 Å². The molecule has 8 heteroatoms. The predicted octanol–water partition coefficient (Wildman–Crippen LogP) is 2.37. The lowest BCUT2D eigenvalue weighted by Crippen LogP contribution is -3.06. The van der Waals surface area contributed by atoms with Crippen molar-refractivity contribution in [2.45, 2.75) is 0 Å². The fourth-order valence-corrected chi connectivity index (χ4v) is 3.60. The smallest absolute Gasteiger partial charge is 0.260 e. The Morgan fingerprint density at radius 2 is 1.93 bits per heavy atom. The Labute approximate surface area is 159 Å². The molecule has 2 aromatic carbocycles. The van der Waals surface area contributed by atoms with Gasteiger partial charge in [0.05, 0.1) is 39.0 Å². The molecule has 0 atom stereocenters. The number of hydrogen-bond donors (Lipinski definition) is 1. The number of nitrogens with one attached hydrogen (secondary N) is 1. The van der Waals surface area contributed by atoms with Crippen LogP contribution in [0.25, 0.3) is 10.2 Å². The van der Waals surface area contributed by atoms with Gasteiger partial charge in [-0.25, -0.2) is 13.8 Å². The summed E-state index contributed by atoms with van der Waals surface area (Å²) in [6, 6.07) is 8.78. The maximum atomic E-state index is 14.0. The van der Waals surface area contributed by atoms with E-state index in [-0.39, 0.29) is 11.4 Å². The number of fused-ring (bicyclic) bond motifs is 1. The quantitative estimate of drug-likeness (QED) is 0.701. The number of hydrogen-bond acceptors (Lipinski definition) is 4. The SMILES string of the molecule is COc1ccc(C(=O)N(CC[NH+](C)C)c2nc3c(F)cc(F)cc3s2)cc1. The molecule has 0 aliphatic carbocycles. The molecule has 0 saturated carbocycles. The van der Waals surface area contributed by atoms with Crippen LogP contribution < -0.4 is 14.5 Å². The van der Waals surface area contributed by atoms with Gasteiger partial charge in [-0.2, -0.15) is 0 Å². The van der Waals surface area contributed by atoms with Gasteiger partial charge in [-0.05, 0) is 30.3 Å². The van der Waals surface area contributed by atoms with Gasteiger partial charge in [0.1, 0.15) is 17.1 Å². The number of amides is 1. The number of carbonyl (C=O) groups excluding carboxylic acids is 1. The van der Waals surface area contributed by atoms with Crippen LogP contribution in [0.3, 0.4) is 0 Å². The highest BCUT2D eigenvalue weighted by molar-refractivity contribution is 7.22. The molecule has 0 aliphatic rings. The first kappa shape index (κ1) is 19.2. The molecule has 1 heterocycles. The Bertz CT molecular complexity index is 957. The summed E-state index contributed by atoms with van der Waals surface area (Å²) in [6.07, 6.45) is 0. The highest BCUT2D eigenvalue weighted by atomic mass is 32.1. The van der Waals surface area contributed by atoms with E-state index in [1.54, 1.807) is 31.4 Å². The number of aromatic nitrogens is 1. The van der Waals surface area contributed by atoms with Crippen LogP contribution in [-0.2, 0) is 0 Å².